The summed E-state index contributed by atoms with van der Waals surface area (Å²) < 4.78 is 2.16. The van der Waals surface area contributed by atoms with Gasteiger partial charge in [-0.3, -0.25) is 14.9 Å². The molecule has 1 aromatic heterocycles. The van der Waals surface area contributed by atoms with Crippen molar-refractivity contribution in [2.75, 3.05) is 0 Å². The number of nitrogens with one attached hydrogen (secondary N) is 1. The number of hydrogen-bond donors (Lipinski definition) is 1. The standard InChI is InChI=1S/C24H20N4O3/c1-16-13-20(15-25-26-24(29)19-9-5-10-21(14-19)28(30)31)17(2)27(16)23-12-6-8-18-7-3-4-11-22(18)23/h3-15H,1-2H3,(H,26,29)/b25-15-. The number of fused-ring (bicyclic) bond motifs is 1. The smallest absolute Gasteiger partial charge is 0.271 e. The molecule has 4 rings (SSSR count). The van der Waals surface area contributed by atoms with Crippen molar-refractivity contribution in [1.82, 2.24) is 9.99 Å². The first-order valence-electron chi connectivity index (χ1n) is 9.70. The van der Waals surface area contributed by atoms with E-state index in [0.29, 0.717) is 0 Å². The number of aromatic nitrogens is 1. The number of nitro benzene ring substituents is 1. The first kappa shape index (κ1) is 20.0. The number of amides is 1. The van der Waals surface area contributed by atoms with Gasteiger partial charge in [0.1, 0.15) is 0 Å². The molecule has 0 aliphatic heterocycles. The summed E-state index contributed by atoms with van der Waals surface area (Å²) in [7, 11) is 0. The predicted molar refractivity (Wildman–Crippen MR) is 121 cm³/mol. The zero-order valence-electron chi connectivity index (χ0n) is 17.1. The van der Waals surface area contributed by atoms with Crippen molar-refractivity contribution in [1.29, 1.82) is 0 Å². The van der Waals surface area contributed by atoms with E-state index in [2.05, 4.69) is 39.4 Å². The molecule has 0 unspecified atom stereocenters. The molecule has 0 saturated heterocycles. The molecule has 0 saturated carbocycles. The van der Waals surface area contributed by atoms with Crippen LogP contribution in [0.5, 0.6) is 0 Å². The molecule has 154 valence electrons. The maximum atomic E-state index is 12.3. The normalized spacial score (nSPS) is 11.2. The topological polar surface area (TPSA) is 89.5 Å². The summed E-state index contributed by atoms with van der Waals surface area (Å²) in [6.45, 7) is 4.02. The van der Waals surface area contributed by atoms with Crippen LogP contribution in [0.4, 0.5) is 5.69 Å². The Morgan fingerprint density at radius 2 is 1.77 bits per heavy atom. The second kappa shape index (κ2) is 8.23. The molecule has 0 spiro atoms. The molecule has 0 bridgehead atoms. The summed E-state index contributed by atoms with van der Waals surface area (Å²) in [5.41, 5.74) is 6.44. The number of aryl methyl sites for hydroxylation is 1. The van der Waals surface area contributed by atoms with Gasteiger partial charge in [-0.05, 0) is 37.4 Å². The highest BCUT2D eigenvalue weighted by Crippen LogP contribution is 2.26. The summed E-state index contributed by atoms with van der Waals surface area (Å²) in [6.07, 6.45) is 1.58. The van der Waals surface area contributed by atoms with E-state index in [1.54, 1.807) is 6.21 Å². The lowest BCUT2D eigenvalue weighted by molar-refractivity contribution is -0.384. The molecule has 7 heteroatoms. The molecular weight excluding hydrogens is 392 g/mol. The molecule has 3 aromatic carbocycles. The van der Waals surface area contributed by atoms with Gasteiger partial charge in [0.25, 0.3) is 11.6 Å². The highest BCUT2D eigenvalue weighted by atomic mass is 16.6. The van der Waals surface area contributed by atoms with Gasteiger partial charge in [-0.25, -0.2) is 5.43 Å². The van der Waals surface area contributed by atoms with E-state index in [1.165, 1.54) is 24.3 Å². The van der Waals surface area contributed by atoms with E-state index in [-0.39, 0.29) is 11.3 Å². The van der Waals surface area contributed by atoms with Crippen LogP contribution < -0.4 is 5.43 Å². The number of non-ortho nitro benzene ring substituents is 1. The Bertz CT molecular complexity index is 1330. The number of carbonyl (C=O) groups excluding carboxylic acids is 1. The first-order valence-corrected chi connectivity index (χ1v) is 9.70. The van der Waals surface area contributed by atoms with E-state index >= 15 is 0 Å². The summed E-state index contributed by atoms with van der Waals surface area (Å²) in [5, 5.41) is 17.2. The molecule has 1 N–H and O–H groups in total. The van der Waals surface area contributed by atoms with Gasteiger partial charge in [0.15, 0.2) is 0 Å². The maximum absolute atomic E-state index is 12.3. The van der Waals surface area contributed by atoms with Crippen molar-refractivity contribution in [2.24, 2.45) is 5.10 Å². The Balaban J connectivity index is 1.59. The number of nitro groups is 1. The summed E-state index contributed by atoms with van der Waals surface area (Å²) in [4.78, 5) is 22.6. The van der Waals surface area contributed by atoms with Crippen molar-refractivity contribution in [3.63, 3.8) is 0 Å². The van der Waals surface area contributed by atoms with Crippen LogP contribution in [0.2, 0.25) is 0 Å². The van der Waals surface area contributed by atoms with Crippen molar-refractivity contribution in [2.45, 2.75) is 13.8 Å². The summed E-state index contributed by atoms with van der Waals surface area (Å²) in [6, 6.07) is 21.9. The molecule has 0 fully saturated rings. The minimum Gasteiger partial charge on any atom is -0.317 e. The van der Waals surface area contributed by atoms with E-state index in [4.69, 9.17) is 0 Å². The Morgan fingerprint density at radius 3 is 2.58 bits per heavy atom. The average Bonchev–Trinajstić information content (AvgIpc) is 3.06. The number of rotatable bonds is 5. The SMILES string of the molecule is Cc1cc(/C=N\NC(=O)c2cccc([N+](=O)[O-])c2)c(C)n1-c1cccc2ccccc12. The molecule has 0 radical (unpaired) electrons. The predicted octanol–water partition coefficient (Wildman–Crippen LogP) is 4.92. The minimum absolute atomic E-state index is 0.143. The lowest BCUT2D eigenvalue weighted by Crippen LogP contribution is -2.17. The number of hydrazone groups is 1. The fourth-order valence-corrected chi connectivity index (χ4v) is 3.68. The number of hydrogen-bond acceptors (Lipinski definition) is 4. The molecule has 0 aliphatic rings. The van der Waals surface area contributed by atoms with Crippen LogP contribution in [0.3, 0.4) is 0 Å². The molecule has 1 heterocycles. The van der Waals surface area contributed by atoms with Crippen LogP contribution in [-0.4, -0.2) is 21.6 Å². The van der Waals surface area contributed by atoms with Gasteiger partial charge in [0.05, 0.1) is 16.8 Å². The fraction of sp³-hybridized carbons (Fsp3) is 0.0833. The third-order valence-corrected chi connectivity index (χ3v) is 5.17. The van der Waals surface area contributed by atoms with Gasteiger partial charge >= 0.3 is 0 Å². The largest absolute Gasteiger partial charge is 0.317 e. The Hall–Kier alpha value is -4.26. The van der Waals surface area contributed by atoms with Crippen molar-refractivity contribution >= 4 is 28.6 Å². The van der Waals surface area contributed by atoms with Gasteiger partial charge in [0.2, 0.25) is 0 Å². The Labute approximate surface area is 178 Å². The molecule has 0 atom stereocenters. The summed E-state index contributed by atoms with van der Waals surface area (Å²) in [5.74, 6) is -0.511. The van der Waals surface area contributed by atoms with Crippen LogP contribution in [-0.2, 0) is 0 Å². The van der Waals surface area contributed by atoms with Crippen LogP contribution in [0.15, 0.2) is 77.9 Å². The quantitative estimate of drug-likeness (QED) is 0.287. The fourth-order valence-electron chi connectivity index (χ4n) is 3.68. The van der Waals surface area contributed by atoms with E-state index in [0.717, 1.165) is 33.4 Å². The monoisotopic (exact) mass is 412 g/mol. The van der Waals surface area contributed by atoms with Gasteiger partial charge in [-0.1, -0.05) is 42.5 Å². The third-order valence-electron chi connectivity index (χ3n) is 5.17. The van der Waals surface area contributed by atoms with Gasteiger partial charge < -0.3 is 4.57 Å². The van der Waals surface area contributed by atoms with Gasteiger partial charge in [-0.2, -0.15) is 5.10 Å². The van der Waals surface area contributed by atoms with Gasteiger partial charge in [-0.15, -0.1) is 0 Å². The molecule has 1 amide bonds. The zero-order valence-corrected chi connectivity index (χ0v) is 17.1. The molecule has 31 heavy (non-hydrogen) atoms. The van der Waals surface area contributed by atoms with Crippen LogP contribution in [0, 0.1) is 24.0 Å². The average molecular weight is 412 g/mol. The van der Waals surface area contributed by atoms with E-state index in [9.17, 15) is 14.9 Å². The molecule has 0 aliphatic carbocycles. The minimum atomic E-state index is -0.539. The van der Waals surface area contributed by atoms with E-state index in [1.807, 2.05) is 38.1 Å². The number of nitrogens with zero attached hydrogens (tertiary/aromatic N) is 3. The zero-order chi connectivity index (χ0) is 22.0. The van der Waals surface area contributed by atoms with E-state index < -0.39 is 10.8 Å². The second-order valence-electron chi connectivity index (χ2n) is 7.17. The van der Waals surface area contributed by atoms with Crippen LogP contribution >= 0.6 is 0 Å². The van der Waals surface area contributed by atoms with Crippen molar-refractivity contribution in [3.8, 4) is 5.69 Å². The molecular formula is C24H20N4O3. The van der Waals surface area contributed by atoms with Crippen LogP contribution in [0.1, 0.15) is 27.3 Å². The third kappa shape index (κ3) is 3.93. The molecule has 4 aromatic rings. The highest BCUT2D eigenvalue weighted by Gasteiger charge is 2.13. The first-order chi connectivity index (χ1) is 15.0. The Morgan fingerprint density at radius 1 is 1.03 bits per heavy atom. The number of benzene rings is 3. The Kier molecular flexibility index (Phi) is 5.32. The molecule has 7 nitrogen and oxygen atoms in total. The number of carbonyl (C=O) groups is 1. The maximum Gasteiger partial charge on any atom is 0.271 e. The summed E-state index contributed by atoms with van der Waals surface area (Å²) >= 11 is 0. The van der Waals surface area contributed by atoms with Crippen molar-refractivity contribution < 1.29 is 9.72 Å². The van der Waals surface area contributed by atoms with Crippen molar-refractivity contribution in [3.05, 3.63) is 105 Å². The lowest BCUT2D eigenvalue weighted by Gasteiger charge is -2.12. The van der Waals surface area contributed by atoms with Gasteiger partial charge in [0, 0.05) is 40.0 Å². The lowest BCUT2D eigenvalue weighted by atomic mass is 10.1. The second-order valence-corrected chi connectivity index (χ2v) is 7.17. The van der Waals surface area contributed by atoms with Crippen LogP contribution in [0.25, 0.3) is 16.5 Å². The highest BCUT2D eigenvalue weighted by molar-refractivity contribution is 5.95.